The first-order valence-corrected chi connectivity index (χ1v) is 7.57. The summed E-state index contributed by atoms with van der Waals surface area (Å²) >= 11 is 0. The van der Waals surface area contributed by atoms with Gasteiger partial charge in [-0.3, -0.25) is 9.89 Å². The van der Waals surface area contributed by atoms with Gasteiger partial charge in [0.2, 0.25) is 5.91 Å². The highest BCUT2D eigenvalue weighted by atomic mass is 16.5. The Morgan fingerprint density at radius 1 is 1.12 bits per heavy atom. The van der Waals surface area contributed by atoms with Crippen molar-refractivity contribution >= 4 is 33.4 Å². The molecule has 24 heavy (non-hydrogen) atoms. The van der Waals surface area contributed by atoms with E-state index in [1.807, 2.05) is 36.4 Å². The van der Waals surface area contributed by atoms with Crippen molar-refractivity contribution in [2.75, 3.05) is 12.4 Å². The molecule has 0 fully saturated rings. The topological polar surface area (TPSA) is 82.8 Å². The van der Waals surface area contributed by atoms with Gasteiger partial charge < -0.3 is 15.0 Å². The molecule has 2 aromatic heterocycles. The average Bonchev–Trinajstić information content (AvgIpc) is 3.16. The Hall–Kier alpha value is -3.28. The zero-order valence-corrected chi connectivity index (χ0v) is 13.3. The molecule has 0 unspecified atom stereocenters. The lowest BCUT2D eigenvalue weighted by molar-refractivity contribution is -0.114. The Morgan fingerprint density at radius 2 is 2.00 bits per heavy atom. The van der Waals surface area contributed by atoms with Crippen LogP contribution in [0.4, 0.5) is 5.69 Å². The Kier molecular flexibility index (Phi) is 3.23. The fourth-order valence-electron chi connectivity index (χ4n) is 2.86. The first-order valence-electron chi connectivity index (χ1n) is 7.57. The summed E-state index contributed by atoms with van der Waals surface area (Å²) in [5, 5.41) is 12.3. The maximum Gasteiger partial charge on any atom is 0.221 e. The van der Waals surface area contributed by atoms with Gasteiger partial charge in [0.1, 0.15) is 11.4 Å². The predicted octanol–water partition coefficient (Wildman–Crippen LogP) is 3.68. The molecule has 3 N–H and O–H groups in total. The SMILES string of the molecule is COc1ccc2cc(-c3n[nH]c4ccc(NC(C)=O)cc34)[nH]c2c1. The van der Waals surface area contributed by atoms with Crippen molar-refractivity contribution in [3.8, 4) is 17.1 Å². The molecule has 0 spiro atoms. The number of nitrogens with zero attached hydrogens (tertiary/aromatic N) is 1. The molecule has 1 amide bonds. The van der Waals surface area contributed by atoms with Crippen LogP contribution in [-0.2, 0) is 4.79 Å². The van der Waals surface area contributed by atoms with E-state index >= 15 is 0 Å². The summed E-state index contributed by atoms with van der Waals surface area (Å²) in [4.78, 5) is 14.6. The van der Waals surface area contributed by atoms with Gasteiger partial charge in [-0.25, -0.2) is 0 Å². The van der Waals surface area contributed by atoms with E-state index in [4.69, 9.17) is 4.74 Å². The highest BCUT2D eigenvalue weighted by Crippen LogP contribution is 2.31. The Bertz CT molecular complexity index is 1060. The summed E-state index contributed by atoms with van der Waals surface area (Å²) in [5.41, 5.74) is 4.36. The number of ether oxygens (including phenoxy) is 1. The minimum Gasteiger partial charge on any atom is -0.497 e. The second-order valence-electron chi connectivity index (χ2n) is 5.65. The number of methoxy groups -OCH3 is 1. The minimum atomic E-state index is -0.0999. The number of fused-ring (bicyclic) bond motifs is 2. The van der Waals surface area contributed by atoms with E-state index < -0.39 is 0 Å². The molecule has 6 nitrogen and oxygen atoms in total. The lowest BCUT2D eigenvalue weighted by Crippen LogP contribution is -2.05. The molecule has 0 aliphatic carbocycles. The van der Waals surface area contributed by atoms with Crippen LogP contribution < -0.4 is 10.1 Å². The Labute approximate surface area is 137 Å². The molecule has 6 heteroatoms. The van der Waals surface area contributed by atoms with E-state index in [9.17, 15) is 4.79 Å². The summed E-state index contributed by atoms with van der Waals surface area (Å²) in [7, 11) is 1.65. The van der Waals surface area contributed by atoms with Crippen molar-refractivity contribution in [1.29, 1.82) is 0 Å². The smallest absolute Gasteiger partial charge is 0.221 e. The molecular weight excluding hydrogens is 304 g/mol. The van der Waals surface area contributed by atoms with Crippen molar-refractivity contribution in [2.24, 2.45) is 0 Å². The number of H-pyrrole nitrogens is 2. The number of hydrogen-bond donors (Lipinski definition) is 3. The van der Waals surface area contributed by atoms with Gasteiger partial charge in [0.15, 0.2) is 0 Å². The molecule has 0 atom stereocenters. The summed E-state index contributed by atoms with van der Waals surface area (Å²) in [6.45, 7) is 1.49. The zero-order chi connectivity index (χ0) is 16.7. The number of amides is 1. The molecule has 120 valence electrons. The van der Waals surface area contributed by atoms with Crippen LogP contribution in [0.5, 0.6) is 5.75 Å². The van der Waals surface area contributed by atoms with Crippen molar-refractivity contribution in [3.05, 3.63) is 42.5 Å². The van der Waals surface area contributed by atoms with E-state index in [0.29, 0.717) is 0 Å². The van der Waals surface area contributed by atoms with E-state index in [2.05, 4.69) is 26.6 Å². The normalized spacial score (nSPS) is 11.1. The predicted molar refractivity (Wildman–Crippen MR) is 94.2 cm³/mol. The van der Waals surface area contributed by atoms with Gasteiger partial charge in [-0.15, -0.1) is 0 Å². The maximum atomic E-state index is 11.3. The summed E-state index contributed by atoms with van der Waals surface area (Å²) in [6.07, 6.45) is 0. The van der Waals surface area contributed by atoms with Gasteiger partial charge in [-0.1, -0.05) is 0 Å². The van der Waals surface area contributed by atoms with Crippen molar-refractivity contribution in [2.45, 2.75) is 6.92 Å². The number of aromatic nitrogens is 3. The molecular formula is C18H16N4O2. The van der Waals surface area contributed by atoms with Crippen LogP contribution >= 0.6 is 0 Å². The number of anilines is 1. The Balaban J connectivity index is 1.84. The van der Waals surface area contributed by atoms with Gasteiger partial charge >= 0.3 is 0 Å². The molecule has 0 aliphatic heterocycles. The lowest BCUT2D eigenvalue weighted by atomic mass is 10.1. The monoisotopic (exact) mass is 320 g/mol. The highest BCUT2D eigenvalue weighted by Gasteiger charge is 2.12. The van der Waals surface area contributed by atoms with Crippen LogP contribution in [0.15, 0.2) is 42.5 Å². The lowest BCUT2D eigenvalue weighted by Gasteiger charge is -2.02. The van der Waals surface area contributed by atoms with Crippen LogP contribution in [0.2, 0.25) is 0 Å². The van der Waals surface area contributed by atoms with Crippen molar-refractivity contribution < 1.29 is 9.53 Å². The number of nitrogens with one attached hydrogen (secondary N) is 3. The highest BCUT2D eigenvalue weighted by molar-refractivity contribution is 5.99. The number of rotatable bonds is 3. The van der Waals surface area contributed by atoms with Crippen LogP contribution in [0.1, 0.15) is 6.92 Å². The number of benzene rings is 2. The van der Waals surface area contributed by atoms with E-state index in [0.717, 1.165) is 44.6 Å². The standard InChI is InChI=1S/C18H16N4O2/c1-10(23)19-12-4-6-15-14(8-12)18(22-21-15)17-7-11-3-5-13(24-2)9-16(11)20-17/h3-9,20H,1-2H3,(H,19,23)(H,21,22). The van der Waals surface area contributed by atoms with Crippen molar-refractivity contribution in [1.82, 2.24) is 15.2 Å². The minimum absolute atomic E-state index is 0.0999. The number of hydrogen-bond acceptors (Lipinski definition) is 3. The van der Waals surface area contributed by atoms with Gasteiger partial charge in [-0.05, 0) is 36.4 Å². The third-order valence-corrected chi connectivity index (χ3v) is 3.97. The van der Waals surface area contributed by atoms with E-state index in [-0.39, 0.29) is 5.91 Å². The fourth-order valence-corrected chi connectivity index (χ4v) is 2.86. The van der Waals surface area contributed by atoms with Crippen LogP contribution in [0.25, 0.3) is 33.2 Å². The molecule has 0 saturated carbocycles. The fraction of sp³-hybridized carbons (Fsp3) is 0.111. The molecule has 4 rings (SSSR count). The second kappa shape index (κ2) is 5.42. The third kappa shape index (κ3) is 2.38. The third-order valence-electron chi connectivity index (χ3n) is 3.97. The summed E-state index contributed by atoms with van der Waals surface area (Å²) < 4.78 is 5.26. The quantitative estimate of drug-likeness (QED) is 0.538. The molecule has 2 aromatic carbocycles. The average molecular weight is 320 g/mol. The van der Waals surface area contributed by atoms with Gasteiger partial charge in [0.05, 0.1) is 18.3 Å². The molecule has 4 aromatic rings. The summed E-state index contributed by atoms with van der Waals surface area (Å²) in [5.74, 6) is 0.702. The number of aromatic amines is 2. The van der Waals surface area contributed by atoms with E-state index in [1.54, 1.807) is 7.11 Å². The maximum absolute atomic E-state index is 11.3. The Morgan fingerprint density at radius 3 is 2.79 bits per heavy atom. The van der Waals surface area contributed by atoms with Gasteiger partial charge in [0.25, 0.3) is 0 Å². The number of carbonyl (C=O) groups excluding carboxylic acids is 1. The molecule has 2 heterocycles. The van der Waals surface area contributed by atoms with Crippen LogP contribution in [0, 0.1) is 0 Å². The number of carbonyl (C=O) groups is 1. The first-order chi connectivity index (χ1) is 11.6. The summed E-state index contributed by atoms with van der Waals surface area (Å²) in [6, 6.07) is 13.6. The first kappa shape index (κ1) is 14.3. The molecule has 0 saturated heterocycles. The molecule has 0 bridgehead atoms. The molecule has 0 radical (unpaired) electrons. The largest absolute Gasteiger partial charge is 0.497 e. The van der Waals surface area contributed by atoms with Crippen LogP contribution in [0.3, 0.4) is 0 Å². The van der Waals surface area contributed by atoms with Gasteiger partial charge in [0, 0.05) is 35.0 Å². The zero-order valence-electron chi connectivity index (χ0n) is 13.3. The van der Waals surface area contributed by atoms with Crippen molar-refractivity contribution in [3.63, 3.8) is 0 Å². The van der Waals surface area contributed by atoms with E-state index in [1.165, 1.54) is 6.92 Å². The molecule has 0 aliphatic rings. The van der Waals surface area contributed by atoms with Gasteiger partial charge in [-0.2, -0.15) is 5.10 Å². The van der Waals surface area contributed by atoms with Crippen LogP contribution in [-0.4, -0.2) is 28.2 Å². The second-order valence-corrected chi connectivity index (χ2v) is 5.65.